The molecule has 3 rings (SSSR count). The molecule has 0 fully saturated rings. The number of benzene rings is 1. The number of aryl methyl sites for hydroxylation is 2. The Hall–Kier alpha value is -2.49. The Morgan fingerprint density at radius 3 is 2.83 bits per heavy atom. The van der Waals surface area contributed by atoms with Crippen LogP contribution in [0.2, 0.25) is 0 Å². The highest BCUT2D eigenvalue weighted by Gasteiger charge is 2.12. The van der Waals surface area contributed by atoms with Gasteiger partial charge in [0.15, 0.2) is 5.01 Å². The summed E-state index contributed by atoms with van der Waals surface area (Å²) in [6.07, 6.45) is 2.22. The fourth-order valence-electron chi connectivity index (χ4n) is 2.31. The first-order valence-corrected chi connectivity index (χ1v) is 8.21. The van der Waals surface area contributed by atoms with Gasteiger partial charge in [-0.25, -0.2) is 9.97 Å². The topological polar surface area (TPSA) is 104 Å². The zero-order valence-electron chi connectivity index (χ0n) is 13.0. The molecule has 0 spiro atoms. The largest absolute Gasteiger partial charge is 0.350 e. The molecule has 0 atom stereocenters. The van der Waals surface area contributed by atoms with Crippen LogP contribution in [0.1, 0.15) is 22.0 Å². The number of hydrogen-bond acceptors (Lipinski definition) is 7. The summed E-state index contributed by atoms with van der Waals surface area (Å²) in [6, 6.07) is 7.64. The van der Waals surface area contributed by atoms with Crippen LogP contribution < -0.4 is 10.5 Å². The minimum atomic E-state index is -0.184. The van der Waals surface area contributed by atoms with Crippen LogP contribution in [0.3, 0.4) is 0 Å². The Morgan fingerprint density at radius 1 is 1.33 bits per heavy atom. The van der Waals surface area contributed by atoms with Gasteiger partial charge in [0.05, 0.1) is 16.4 Å². The Bertz CT molecular complexity index is 825. The van der Waals surface area contributed by atoms with E-state index < -0.39 is 0 Å². The van der Waals surface area contributed by atoms with Gasteiger partial charge >= 0.3 is 0 Å². The van der Waals surface area contributed by atoms with Gasteiger partial charge in [0.25, 0.3) is 5.91 Å². The van der Waals surface area contributed by atoms with Gasteiger partial charge in [-0.1, -0.05) is 12.1 Å². The number of fused-ring (bicyclic) bond motifs is 1. The van der Waals surface area contributed by atoms with E-state index >= 15 is 0 Å². The second-order valence-electron chi connectivity index (χ2n) is 5.23. The molecule has 0 saturated heterocycles. The predicted molar refractivity (Wildman–Crippen MR) is 89.6 cm³/mol. The molecule has 24 heavy (non-hydrogen) atoms. The fourth-order valence-corrected chi connectivity index (χ4v) is 3.19. The van der Waals surface area contributed by atoms with E-state index in [9.17, 15) is 4.79 Å². The zero-order chi connectivity index (χ0) is 17.1. The van der Waals surface area contributed by atoms with E-state index in [0.717, 1.165) is 10.2 Å². The van der Waals surface area contributed by atoms with Crippen molar-refractivity contribution in [3.05, 3.63) is 41.3 Å². The second kappa shape index (κ2) is 6.95. The smallest absolute Gasteiger partial charge is 0.280 e. The molecule has 8 nitrogen and oxygen atoms in total. The van der Waals surface area contributed by atoms with Crippen molar-refractivity contribution in [2.75, 3.05) is 11.8 Å². The maximum absolute atomic E-state index is 12.1. The van der Waals surface area contributed by atoms with Crippen molar-refractivity contribution >= 4 is 33.3 Å². The summed E-state index contributed by atoms with van der Waals surface area (Å²) >= 11 is 1.37. The summed E-state index contributed by atoms with van der Waals surface area (Å²) in [5.41, 5.74) is 0.826. The fraction of sp³-hybridized carbons (Fsp3) is 0.267. The van der Waals surface area contributed by atoms with Crippen LogP contribution in [0.25, 0.3) is 10.2 Å². The van der Waals surface area contributed by atoms with Crippen molar-refractivity contribution in [3.8, 4) is 0 Å². The van der Waals surface area contributed by atoms with E-state index in [0.29, 0.717) is 30.3 Å². The molecule has 0 bridgehead atoms. The molecule has 3 aromatic rings. The molecule has 126 valence electrons. The van der Waals surface area contributed by atoms with Gasteiger partial charge in [-0.05, 0) is 25.5 Å². The Morgan fingerprint density at radius 2 is 2.12 bits per heavy atom. The van der Waals surface area contributed by atoms with Crippen LogP contribution in [0.15, 0.2) is 30.5 Å². The minimum Gasteiger partial charge on any atom is -0.350 e. The predicted octanol–water partition coefficient (Wildman–Crippen LogP) is 2.21. The van der Waals surface area contributed by atoms with Crippen molar-refractivity contribution in [1.29, 1.82) is 0 Å². The summed E-state index contributed by atoms with van der Waals surface area (Å²) in [6.45, 7) is 2.86. The molecular weight excluding hydrogens is 330 g/mol. The molecule has 0 unspecified atom stereocenters. The van der Waals surface area contributed by atoms with Crippen molar-refractivity contribution in [1.82, 2.24) is 19.9 Å². The number of carbonyl (C=O) groups excluding carboxylic acids is 1. The number of para-hydroxylation sites is 1. The number of nitrogens with one attached hydrogen (secondary N) is 1. The maximum Gasteiger partial charge on any atom is 0.280 e. The molecular formula is C15H17N5O3S. The normalized spacial score (nSPS) is 11.0. The third-order valence-electron chi connectivity index (χ3n) is 3.52. The van der Waals surface area contributed by atoms with Crippen molar-refractivity contribution in [2.45, 2.75) is 19.9 Å². The Balaban J connectivity index is 1.52. The first-order chi connectivity index (χ1) is 11.5. The van der Waals surface area contributed by atoms with E-state index in [1.807, 2.05) is 24.3 Å². The summed E-state index contributed by atoms with van der Waals surface area (Å²) in [7, 11) is 0. The summed E-state index contributed by atoms with van der Waals surface area (Å²) in [5.74, 6) is 0.540. The molecule has 2 heterocycles. The number of amides is 1. The van der Waals surface area contributed by atoms with Gasteiger partial charge in [0, 0.05) is 13.1 Å². The van der Waals surface area contributed by atoms with Crippen molar-refractivity contribution in [2.24, 2.45) is 0 Å². The quantitative estimate of drug-likeness (QED) is 0.466. The van der Waals surface area contributed by atoms with Crippen LogP contribution in [0.5, 0.6) is 0 Å². The molecule has 1 aromatic carbocycles. The van der Waals surface area contributed by atoms with E-state index in [2.05, 4.69) is 15.3 Å². The first-order valence-electron chi connectivity index (χ1n) is 7.40. The van der Waals surface area contributed by atoms with E-state index in [-0.39, 0.29) is 17.0 Å². The molecule has 0 saturated carbocycles. The number of rotatable bonds is 6. The van der Waals surface area contributed by atoms with Crippen molar-refractivity contribution in [3.63, 3.8) is 0 Å². The highest BCUT2D eigenvalue weighted by molar-refractivity contribution is 7.20. The van der Waals surface area contributed by atoms with E-state index in [1.54, 1.807) is 11.5 Å². The SMILES string of the molecule is Cc1nc(N(O)O)cn1CCCNC(=O)c1nc2ccccc2s1. The van der Waals surface area contributed by atoms with Gasteiger partial charge in [-0.3, -0.25) is 15.2 Å². The van der Waals surface area contributed by atoms with E-state index in [4.69, 9.17) is 10.4 Å². The summed E-state index contributed by atoms with van der Waals surface area (Å²) in [5, 5.41) is 21.2. The zero-order valence-corrected chi connectivity index (χ0v) is 13.8. The average Bonchev–Trinajstić information content (AvgIpc) is 3.15. The van der Waals surface area contributed by atoms with Crippen LogP contribution in [-0.4, -0.2) is 37.4 Å². The van der Waals surface area contributed by atoms with Gasteiger partial charge in [-0.2, -0.15) is 0 Å². The standard InChI is InChI=1S/C15H17N5O3S/c1-10-17-13(20(22)23)9-19(10)8-4-7-16-14(21)15-18-11-5-2-3-6-12(11)24-15/h2-3,5-6,9,22-23H,4,7-8H2,1H3,(H,16,21). The average molecular weight is 347 g/mol. The highest BCUT2D eigenvalue weighted by atomic mass is 32.1. The third kappa shape index (κ3) is 3.53. The highest BCUT2D eigenvalue weighted by Crippen LogP contribution is 2.21. The molecule has 9 heteroatoms. The molecule has 0 aliphatic heterocycles. The van der Waals surface area contributed by atoms with Crippen LogP contribution in [-0.2, 0) is 6.54 Å². The number of anilines is 1. The number of imidazole rings is 1. The number of thiazole rings is 1. The second-order valence-corrected chi connectivity index (χ2v) is 6.26. The van der Waals surface area contributed by atoms with E-state index in [1.165, 1.54) is 17.5 Å². The number of carbonyl (C=O) groups is 1. The van der Waals surface area contributed by atoms with Crippen LogP contribution in [0.4, 0.5) is 5.82 Å². The van der Waals surface area contributed by atoms with Gasteiger partial charge in [-0.15, -0.1) is 16.6 Å². The van der Waals surface area contributed by atoms with Crippen molar-refractivity contribution < 1.29 is 15.2 Å². The van der Waals surface area contributed by atoms with Gasteiger partial charge in [0.2, 0.25) is 5.82 Å². The summed E-state index contributed by atoms with van der Waals surface area (Å²) in [4.78, 5) is 20.4. The number of nitrogens with zero attached hydrogens (tertiary/aromatic N) is 4. The lowest BCUT2D eigenvalue weighted by molar-refractivity contribution is 0.0269. The van der Waals surface area contributed by atoms with Gasteiger partial charge in [0.1, 0.15) is 5.82 Å². The van der Waals surface area contributed by atoms with Gasteiger partial charge < -0.3 is 9.88 Å². The monoisotopic (exact) mass is 347 g/mol. The molecule has 3 N–H and O–H groups in total. The lowest BCUT2D eigenvalue weighted by atomic mass is 10.3. The lowest BCUT2D eigenvalue weighted by Gasteiger charge is -2.05. The molecule has 1 amide bonds. The Kier molecular flexibility index (Phi) is 4.74. The number of aromatic nitrogens is 3. The molecule has 2 aromatic heterocycles. The maximum atomic E-state index is 12.1. The molecule has 0 radical (unpaired) electrons. The van der Waals surface area contributed by atoms with Crippen LogP contribution >= 0.6 is 11.3 Å². The number of hydrogen-bond donors (Lipinski definition) is 3. The van der Waals surface area contributed by atoms with Crippen LogP contribution in [0, 0.1) is 6.92 Å². The third-order valence-corrected chi connectivity index (χ3v) is 4.55. The summed E-state index contributed by atoms with van der Waals surface area (Å²) < 4.78 is 2.78. The minimum absolute atomic E-state index is 0.0155. The lowest BCUT2D eigenvalue weighted by Crippen LogP contribution is -2.25. The Labute approximate surface area is 141 Å². The molecule has 0 aliphatic rings. The molecule has 0 aliphatic carbocycles. The first kappa shape index (κ1) is 16.4.